The van der Waals surface area contributed by atoms with Gasteiger partial charge in [0.05, 0.1) is 6.20 Å². The molecule has 4 nitrogen and oxygen atoms in total. The molecule has 1 aromatic heterocycles. The first-order valence-corrected chi connectivity index (χ1v) is 5.52. The Labute approximate surface area is 100 Å². The standard InChI is InChI=1S/C13H16N2O2/c1-9-3-11(5-14)4-10(2)13(9)16-7-12-6-15-17-8-12/h3-4,6,8H,5,7,14H2,1-2H3. The lowest BCUT2D eigenvalue weighted by Gasteiger charge is -2.12. The van der Waals surface area contributed by atoms with Crippen molar-refractivity contribution in [3.8, 4) is 5.75 Å². The van der Waals surface area contributed by atoms with Crippen LogP contribution in [0.15, 0.2) is 29.1 Å². The quantitative estimate of drug-likeness (QED) is 0.878. The molecule has 2 aromatic rings. The molecule has 90 valence electrons. The number of hydrogen-bond donors (Lipinski definition) is 1. The van der Waals surface area contributed by atoms with Crippen molar-refractivity contribution in [3.63, 3.8) is 0 Å². The van der Waals surface area contributed by atoms with Gasteiger partial charge >= 0.3 is 0 Å². The van der Waals surface area contributed by atoms with Crippen molar-refractivity contribution in [3.05, 3.63) is 46.8 Å². The number of hydrogen-bond acceptors (Lipinski definition) is 4. The van der Waals surface area contributed by atoms with E-state index in [4.69, 9.17) is 15.0 Å². The van der Waals surface area contributed by atoms with Gasteiger partial charge in [0.1, 0.15) is 18.6 Å². The zero-order chi connectivity index (χ0) is 12.3. The SMILES string of the molecule is Cc1cc(CN)cc(C)c1OCc1cnoc1. The maximum atomic E-state index is 5.77. The van der Waals surface area contributed by atoms with Gasteiger partial charge in [-0.25, -0.2) is 0 Å². The lowest BCUT2D eigenvalue weighted by molar-refractivity contribution is 0.300. The summed E-state index contributed by atoms with van der Waals surface area (Å²) in [5.74, 6) is 0.906. The summed E-state index contributed by atoms with van der Waals surface area (Å²) in [6.45, 7) is 5.06. The Kier molecular flexibility index (Phi) is 3.44. The first kappa shape index (κ1) is 11.7. The van der Waals surface area contributed by atoms with Crippen LogP contribution in [0.5, 0.6) is 5.75 Å². The number of benzene rings is 1. The third-order valence-corrected chi connectivity index (χ3v) is 2.62. The molecule has 0 unspecified atom stereocenters. The number of aromatic nitrogens is 1. The molecular weight excluding hydrogens is 216 g/mol. The van der Waals surface area contributed by atoms with Crippen LogP contribution in [0.4, 0.5) is 0 Å². The summed E-state index contributed by atoms with van der Waals surface area (Å²) in [6.07, 6.45) is 3.23. The lowest BCUT2D eigenvalue weighted by atomic mass is 10.1. The van der Waals surface area contributed by atoms with Gasteiger partial charge in [-0.15, -0.1) is 0 Å². The summed E-state index contributed by atoms with van der Waals surface area (Å²) in [4.78, 5) is 0. The van der Waals surface area contributed by atoms with Crippen molar-refractivity contribution < 1.29 is 9.26 Å². The first-order valence-electron chi connectivity index (χ1n) is 5.52. The lowest BCUT2D eigenvalue weighted by Crippen LogP contribution is -2.02. The molecule has 0 saturated carbocycles. The average Bonchev–Trinajstić information content (AvgIpc) is 2.80. The highest BCUT2D eigenvalue weighted by Crippen LogP contribution is 2.25. The molecule has 0 aliphatic carbocycles. The van der Waals surface area contributed by atoms with Crippen molar-refractivity contribution in [2.45, 2.75) is 27.0 Å². The Morgan fingerprint density at radius 2 is 1.94 bits per heavy atom. The fraction of sp³-hybridized carbons (Fsp3) is 0.308. The van der Waals surface area contributed by atoms with E-state index in [2.05, 4.69) is 17.3 Å². The summed E-state index contributed by atoms with van der Waals surface area (Å²) in [5.41, 5.74) is 9.87. The number of nitrogens with two attached hydrogens (primary N) is 1. The van der Waals surface area contributed by atoms with Gasteiger partial charge in [0.25, 0.3) is 0 Å². The minimum Gasteiger partial charge on any atom is -0.488 e. The van der Waals surface area contributed by atoms with E-state index >= 15 is 0 Å². The third kappa shape index (κ3) is 2.65. The molecule has 17 heavy (non-hydrogen) atoms. The molecular formula is C13H16N2O2. The van der Waals surface area contributed by atoms with Crippen LogP contribution >= 0.6 is 0 Å². The van der Waals surface area contributed by atoms with Crippen LogP contribution in [0.25, 0.3) is 0 Å². The number of ether oxygens (including phenoxy) is 1. The van der Waals surface area contributed by atoms with Gasteiger partial charge in [0, 0.05) is 12.1 Å². The van der Waals surface area contributed by atoms with E-state index in [1.807, 2.05) is 13.8 Å². The van der Waals surface area contributed by atoms with Gasteiger partial charge in [-0.2, -0.15) is 0 Å². The molecule has 0 bridgehead atoms. The van der Waals surface area contributed by atoms with Crippen LogP contribution in [-0.2, 0) is 13.2 Å². The van der Waals surface area contributed by atoms with Crippen molar-refractivity contribution in [2.75, 3.05) is 0 Å². The summed E-state index contributed by atoms with van der Waals surface area (Å²) in [7, 11) is 0. The molecule has 2 rings (SSSR count). The van der Waals surface area contributed by atoms with E-state index in [9.17, 15) is 0 Å². The molecule has 0 atom stereocenters. The van der Waals surface area contributed by atoms with E-state index < -0.39 is 0 Å². The van der Waals surface area contributed by atoms with Crippen LogP contribution in [0, 0.1) is 13.8 Å². The fourth-order valence-corrected chi connectivity index (χ4v) is 1.84. The zero-order valence-electron chi connectivity index (χ0n) is 10.1. The monoisotopic (exact) mass is 232 g/mol. The van der Waals surface area contributed by atoms with E-state index in [1.54, 1.807) is 12.5 Å². The molecule has 0 spiro atoms. The smallest absolute Gasteiger partial charge is 0.130 e. The second kappa shape index (κ2) is 5.01. The van der Waals surface area contributed by atoms with Gasteiger partial charge in [-0.3, -0.25) is 0 Å². The van der Waals surface area contributed by atoms with Crippen LogP contribution < -0.4 is 10.5 Å². The second-order valence-electron chi connectivity index (χ2n) is 4.08. The van der Waals surface area contributed by atoms with Crippen LogP contribution in [0.2, 0.25) is 0 Å². The Hall–Kier alpha value is -1.81. The normalized spacial score (nSPS) is 10.5. The van der Waals surface area contributed by atoms with Gasteiger partial charge in [0.15, 0.2) is 0 Å². The van der Waals surface area contributed by atoms with Crippen molar-refractivity contribution in [1.82, 2.24) is 5.16 Å². The van der Waals surface area contributed by atoms with Gasteiger partial charge in [-0.1, -0.05) is 17.3 Å². The molecule has 0 radical (unpaired) electrons. The first-order chi connectivity index (χ1) is 8.20. The van der Waals surface area contributed by atoms with E-state index in [0.717, 1.165) is 28.0 Å². The Balaban J connectivity index is 2.15. The van der Waals surface area contributed by atoms with Crippen molar-refractivity contribution in [2.24, 2.45) is 5.73 Å². The van der Waals surface area contributed by atoms with Gasteiger partial charge < -0.3 is 15.0 Å². The summed E-state index contributed by atoms with van der Waals surface area (Å²) in [6, 6.07) is 4.10. The highest BCUT2D eigenvalue weighted by molar-refractivity contribution is 5.43. The highest BCUT2D eigenvalue weighted by Gasteiger charge is 2.07. The van der Waals surface area contributed by atoms with Crippen molar-refractivity contribution in [1.29, 1.82) is 0 Å². The summed E-state index contributed by atoms with van der Waals surface area (Å²) >= 11 is 0. The summed E-state index contributed by atoms with van der Waals surface area (Å²) < 4.78 is 10.5. The predicted molar refractivity (Wildman–Crippen MR) is 64.6 cm³/mol. The second-order valence-corrected chi connectivity index (χ2v) is 4.08. The molecule has 0 aliphatic rings. The van der Waals surface area contributed by atoms with E-state index in [-0.39, 0.29) is 0 Å². The number of nitrogens with zero attached hydrogens (tertiary/aromatic N) is 1. The molecule has 2 N–H and O–H groups in total. The number of aryl methyl sites for hydroxylation is 2. The fourth-order valence-electron chi connectivity index (χ4n) is 1.84. The maximum absolute atomic E-state index is 5.77. The molecule has 1 heterocycles. The Bertz CT molecular complexity index is 469. The maximum Gasteiger partial charge on any atom is 0.130 e. The Morgan fingerprint density at radius 3 is 2.47 bits per heavy atom. The highest BCUT2D eigenvalue weighted by atomic mass is 16.5. The molecule has 0 amide bonds. The van der Waals surface area contributed by atoms with Gasteiger partial charge in [-0.05, 0) is 30.5 Å². The van der Waals surface area contributed by atoms with Crippen LogP contribution in [0.1, 0.15) is 22.3 Å². The minimum absolute atomic E-state index is 0.465. The number of rotatable bonds is 4. The molecule has 0 aliphatic heterocycles. The Morgan fingerprint density at radius 1 is 1.24 bits per heavy atom. The zero-order valence-corrected chi connectivity index (χ0v) is 10.1. The third-order valence-electron chi connectivity index (χ3n) is 2.62. The molecule has 4 heteroatoms. The average molecular weight is 232 g/mol. The molecule has 0 fully saturated rings. The molecule has 1 aromatic carbocycles. The van der Waals surface area contributed by atoms with E-state index in [0.29, 0.717) is 13.2 Å². The van der Waals surface area contributed by atoms with Crippen LogP contribution in [0.3, 0.4) is 0 Å². The summed E-state index contributed by atoms with van der Waals surface area (Å²) in [5, 5.41) is 3.64. The van der Waals surface area contributed by atoms with Crippen molar-refractivity contribution >= 4 is 0 Å². The molecule has 0 saturated heterocycles. The largest absolute Gasteiger partial charge is 0.488 e. The predicted octanol–water partition coefficient (Wildman–Crippen LogP) is 2.33. The topological polar surface area (TPSA) is 61.3 Å². The van der Waals surface area contributed by atoms with Crippen LogP contribution in [-0.4, -0.2) is 5.16 Å². The van der Waals surface area contributed by atoms with Gasteiger partial charge in [0.2, 0.25) is 0 Å². The van der Waals surface area contributed by atoms with E-state index in [1.165, 1.54) is 0 Å². The minimum atomic E-state index is 0.465.